The van der Waals surface area contributed by atoms with Gasteiger partial charge in [0, 0.05) is 49.5 Å². The molecule has 0 amide bonds. The summed E-state index contributed by atoms with van der Waals surface area (Å²) in [6.07, 6.45) is 2.45. The van der Waals surface area contributed by atoms with Crippen LogP contribution in [0.3, 0.4) is 0 Å². The second kappa shape index (κ2) is 10.4. The van der Waals surface area contributed by atoms with Crippen LogP contribution < -0.4 is 14.5 Å². The van der Waals surface area contributed by atoms with E-state index in [1.807, 2.05) is 24.8 Å². The molecular formula is C27H30F2N6O2. The number of rotatable bonds is 6. The van der Waals surface area contributed by atoms with Gasteiger partial charge in [0.1, 0.15) is 23.9 Å². The number of carbonyl (C=O) groups is 1. The molecule has 0 bridgehead atoms. The van der Waals surface area contributed by atoms with Crippen LogP contribution >= 0.6 is 0 Å². The quantitative estimate of drug-likeness (QED) is 0.468. The number of benzene rings is 1. The van der Waals surface area contributed by atoms with Crippen LogP contribution in [-0.2, 0) is 6.42 Å². The molecule has 1 aromatic carbocycles. The van der Waals surface area contributed by atoms with E-state index in [1.165, 1.54) is 6.07 Å². The SMILES string of the molecule is CC(C)N1CCOc2c(F)cc(-c3nc(CC(=O)c4ccc(N5CCN(C)CC5)nc4)ncc3F)cc21. The average molecular weight is 509 g/mol. The van der Waals surface area contributed by atoms with E-state index in [1.54, 1.807) is 18.3 Å². The Hall–Kier alpha value is -3.66. The first-order valence-electron chi connectivity index (χ1n) is 12.5. The summed E-state index contributed by atoms with van der Waals surface area (Å²) in [6.45, 7) is 8.66. The molecule has 2 aromatic heterocycles. The van der Waals surface area contributed by atoms with Crippen LogP contribution in [0.25, 0.3) is 11.3 Å². The van der Waals surface area contributed by atoms with Crippen LogP contribution in [-0.4, -0.2) is 78.1 Å². The molecule has 2 aliphatic rings. The maximum atomic E-state index is 14.9. The molecule has 37 heavy (non-hydrogen) atoms. The lowest BCUT2D eigenvalue weighted by Gasteiger charge is -2.34. The lowest BCUT2D eigenvalue weighted by molar-refractivity contribution is 0.0990. The molecule has 1 fully saturated rings. The molecule has 194 valence electrons. The molecule has 8 nitrogen and oxygen atoms in total. The van der Waals surface area contributed by atoms with Crippen molar-refractivity contribution in [3.8, 4) is 17.0 Å². The van der Waals surface area contributed by atoms with Crippen molar-refractivity contribution in [3.05, 3.63) is 59.7 Å². The highest BCUT2D eigenvalue weighted by Crippen LogP contribution is 2.39. The molecule has 0 saturated carbocycles. The maximum absolute atomic E-state index is 14.9. The number of Topliss-reactive ketones (excluding diaryl/α,β-unsaturated/α-hetero) is 1. The second-order valence-corrected chi connectivity index (χ2v) is 9.72. The molecule has 1 saturated heterocycles. The van der Waals surface area contributed by atoms with Crippen LogP contribution in [0.1, 0.15) is 30.0 Å². The molecule has 0 N–H and O–H groups in total. The van der Waals surface area contributed by atoms with E-state index in [9.17, 15) is 13.6 Å². The fourth-order valence-corrected chi connectivity index (χ4v) is 4.69. The molecule has 0 spiro atoms. The van der Waals surface area contributed by atoms with Crippen molar-refractivity contribution >= 4 is 17.3 Å². The summed E-state index contributed by atoms with van der Waals surface area (Å²) in [6, 6.07) is 6.58. The Morgan fingerprint density at radius 2 is 1.81 bits per heavy atom. The molecule has 0 atom stereocenters. The third-order valence-corrected chi connectivity index (χ3v) is 6.82. The number of ketones is 1. The zero-order chi connectivity index (χ0) is 26.1. The summed E-state index contributed by atoms with van der Waals surface area (Å²) in [5, 5.41) is 0. The largest absolute Gasteiger partial charge is 0.486 e. The highest BCUT2D eigenvalue weighted by Gasteiger charge is 2.26. The monoisotopic (exact) mass is 508 g/mol. The number of anilines is 2. The van der Waals surface area contributed by atoms with Crippen LogP contribution in [0, 0.1) is 11.6 Å². The smallest absolute Gasteiger partial charge is 0.178 e. The van der Waals surface area contributed by atoms with Gasteiger partial charge in [-0.3, -0.25) is 4.79 Å². The number of fused-ring (bicyclic) bond motifs is 1. The van der Waals surface area contributed by atoms with E-state index < -0.39 is 11.6 Å². The summed E-state index contributed by atoms with van der Waals surface area (Å²) in [5.74, 6) is -0.368. The Bertz CT molecular complexity index is 1290. The van der Waals surface area contributed by atoms with Crippen LogP contribution in [0.4, 0.5) is 20.3 Å². The zero-order valence-electron chi connectivity index (χ0n) is 21.2. The second-order valence-electron chi connectivity index (χ2n) is 9.72. The third kappa shape index (κ3) is 5.24. The number of nitrogens with zero attached hydrogens (tertiary/aromatic N) is 6. The van der Waals surface area contributed by atoms with Gasteiger partial charge in [0.25, 0.3) is 0 Å². The van der Waals surface area contributed by atoms with Gasteiger partial charge < -0.3 is 19.4 Å². The molecule has 10 heteroatoms. The molecule has 5 rings (SSSR count). The Kier molecular flexibility index (Phi) is 7.01. The van der Waals surface area contributed by atoms with E-state index in [4.69, 9.17) is 4.74 Å². The number of ether oxygens (including phenoxy) is 1. The molecule has 2 aliphatic heterocycles. The number of hydrogen-bond donors (Lipinski definition) is 0. The standard InChI is InChI=1S/C27H30F2N6O2/c1-17(2)35-10-11-37-27-20(28)12-19(13-22(27)35)26-21(29)16-30-24(32-26)14-23(36)18-4-5-25(31-15-18)34-8-6-33(3)7-9-34/h4-5,12-13,15-17H,6-11,14H2,1-3H3. The number of likely N-dealkylation sites (N-methyl/N-ethyl adjacent to an activating group) is 1. The minimum atomic E-state index is -0.693. The van der Waals surface area contributed by atoms with E-state index in [0.717, 1.165) is 38.2 Å². The van der Waals surface area contributed by atoms with E-state index >= 15 is 0 Å². The topological polar surface area (TPSA) is 74.7 Å². The number of piperazine rings is 1. The highest BCUT2D eigenvalue weighted by atomic mass is 19.1. The predicted molar refractivity (Wildman–Crippen MR) is 137 cm³/mol. The molecule has 4 heterocycles. The summed E-state index contributed by atoms with van der Waals surface area (Å²) in [4.78, 5) is 32.2. The van der Waals surface area contributed by atoms with Gasteiger partial charge in [0.2, 0.25) is 0 Å². The van der Waals surface area contributed by atoms with Gasteiger partial charge in [-0.15, -0.1) is 0 Å². The van der Waals surface area contributed by atoms with Crippen molar-refractivity contribution in [1.82, 2.24) is 19.9 Å². The van der Waals surface area contributed by atoms with Gasteiger partial charge in [-0.2, -0.15) is 0 Å². The van der Waals surface area contributed by atoms with Crippen LogP contribution in [0.2, 0.25) is 0 Å². The summed E-state index contributed by atoms with van der Waals surface area (Å²) in [7, 11) is 2.09. The van der Waals surface area contributed by atoms with E-state index in [0.29, 0.717) is 24.4 Å². The number of carbonyl (C=O) groups excluding carboxylic acids is 1. The maximum Gasteiger partial charge on any atom is 0.178 e. The number of pyridine rings is 1. The molecule has 0 aliphatic carbocycles. The minimum absolute atomic E-state index is 0.0580. The zero-order valence-corrected chi connectivity index (χ0v) is 21.2. The van der Waals surface area contributed by atoms with Gasteiger partial charge in [0.15, 0.2) is 23.2 Å². The Morgan fingerprint density at radius 1 is 1.03 bits per heavy atom. The third-order valence-electron chi connectivity index (χ3n) is 6.82. The van der Waals surface area contributed by atoms with Gasteiger partial charge >= 0.3 is 0 Å². The van der Waals surface area contributed by atoms with Crippen molar-refractivity contribution in [1.29, 1.82) is 0 Å². The molecule has 0 radical (unpaired) electrons. The normalized spacial score (nSPS) is 16.1. The van der Waals surface area contributed by atoms with Crippen LogP contribution in [0.15, 0.2) is 36.7 Å². The number of halogens is 2. The van der Waals surface area contributed by atoms with Crippen molar-refractivity contribution in [2.45, 2.75) is 26.3 Å². The lowest BCUT2D eigenvalue weighted by Crippen LogP contribution is -2.44. The van der Waals surface area contributed by atoms with Crippen molar-refractivity contribution in [2.75, 3.05) is 56.2 Å². The Labute approximate surface area is 214 Å². The molecule has 3 aromatic rings. The van der Waals surface area contributed by atoms with Gasteiger partial charge in [-0.25, -0.2) is 23.7 Å². The molecular weight excluding hydrogens is 478 g/mol. The average Bonchev–Trinajstić information content (AvgIpc) is 2.90. The predicted octanol–water partition coefficient (Wildman–Crippen LogP) is 3.60. The fourth-order valence-electron chi connectivity index (χ4n) is 4.69. The highest BCUT2D eigenvalue weighted by molar-refractivity contribution is 5.97. The van der Waals surface area contributed by atoms with Crippen molar-refractivity contribution in [3.63, 3.8) is 0 Å². The first kappa shape index (κ1) is 25.0. The van der Waals surface area contributed by atoms with Gasteiger partial charge in [-0.1, -0.05) is 0 Å². The summed E-state index contributed by atoms with van der Waals surface area (Å²) in [5.41, 5.74) is 1.19. The number of aromatic nitrogens is 3. The first-order chi connectivity index (χ1) is 17.8. The minimum Gasteiger partial charge on any atom is -0.486 e. The van der Waals surface area contributed by atoms with Crippen LogP contribution in [0.5, 0.6) is 5.75 Å². The van der Waals surface area contributed by atoms with Gasteiger partial charge in [0.05, 0.1) is 24.8 Å². The summed E-state index contributed by atoms with van der Waals surface area (Å²) >= 11 is 0. The number of hydrogen-bond acceptors (Lipinski definition) is 8. The fraction of sp³-hybridized carbons (Fsp3) is 0.407. The van der Waals surface area contributed by atoms with Crippen molar-refractivity contribution < 1.29 is 18.3 Å². The lowest BCUT2D eigenvalue weighted by atomic mass is 10.1. The summed E-state index contributed by atoms with van der Waals surface area (Å²) < 4.78 is 35.2. The van der Waals surface area contributed by atoms with E-state index in [2.05, 4.69) is 31.8 Å². The Morgan fingerprint density at radius 3 is 2.51 bits per heavy atom. The molecule has 0 unspecified atom stereocenters. The Balaban J connectivity index is 1.36. The van der Waals surface area contributed by atoms with Gasteiger partial charge in [-0.05, 0) is 45.2 Å². The van der Waals surface area contributed by atoms with E-state index in [-0.39, 0.29) is 41.1 Å². The van der Waals surface area contributed by atoms with Crippen molar-refractivity contribution in [2.24, 2.45) is 0 Å². The first-order valence-corrected chi connectivity index (χ1v) is 12.5.